The first-order chi connectivity index (χ1) is 11.1. The van der Waals surface area contributed by atoms with Crippen LogP contribution >= 0.6 is 0 Å². The number of aryl methyl sites for hydroxylation is 3. The van der Waals surface area contributed by atoms with Crippen LogP contribution < -0.4 is 5.56 Å². The fourth-order valence-electron chi connectivity index (χ4n) is 2.69. The third-order valence-electron chi connectivity index (χ3n) is 3.98. The van der Waals surface area contributed by atoms with E-state index in [1.165, 1.54) is 10.2 Å². The Balaban J connectivity index is 2.04. The van der Waals surface area contributed by atoms with Crippen molar-refractivity contribution in [1.29, 1.82) is 0 Å². The Morgan fingerprint density at radius 1 is 1.00 bits per heavy atom. The van der Waals surface area contributed by atoms with Gasteiger partial charge in [-0.15, -0.1) is 0 Å². The molecule has 0 bridgehead atoms. The lowest BCUT2D eigenvalue weighted by molar-refractivity contribution is 0.617. The molecule has 2 aromatic heterocycles. The van der Waals surface area contributed by atoms with Crippen LogP contribution in [0.4, 0.5) is 0 Å². The number of hydrogen-bond donors (Lipinski definition) is 0. The average Bonchev–Trinajstić information content (AvgIpc) is 2.56. The predicted octanol–water partition coefficient (Wildman–Crippen LogP) is 3.61. The van der Waals surface area contributed by atoms with E-state index in [0.717, 1.165) is 27.9 Å². The van der Waals surface area contributed by atoms with Gasteiger partial charge >= 0.3 is 0 Å². The van der Waals surface area contributed by atoms with Crippen molar-refractivity contribution in [2.24, 2.45) is 0 Å². The zero-order valence-electron chi connectivity index (χ0n) is 13.6. The van der Waals surface area contributed by atoms with Crippen molar-refractivity contribution in [2.75, 3.05) is 0 Å². The van der Waals surface area contributed by atoms with Crippen LogP contribution in [0.25, 0.3) is 22.4 Å². The maximum absolute atomic E-state index is 11.8. The van der Waals surface area contributed by atoms with Crippen LogP contribution in [0.3, 0.4) is 0 Å². The molecule has 0 fully saturated rings. The summed E-state index contributed by atoms with van der Waals surface area (Å²) in [5.41, 5.74) is 6.17. The van der Waals surface area contributed by atoms with Crippen LogP contribution in [0.1, 0.15) is 18.1 Å². The molecular formula is C19H19N3O. The molecule has 23 heavy (non-hydrogen) atoms. The number of pyridine rings is 1. The Hall–Kier alpha value is -2.75. The minimum atomic E-state index is -0.0576. The Morgan fingerprint density at radius 3 is 2.35 bits per heavy atom. The maximum Gasteiger partial charge on any atom is 0.267 e. The van der Waals surface area contributed by atoms with Gasteiger partial charge in [0, 0.05) is 30.6 Å². The zero-order valence-corrected chi connectivity index (χ0v) is 13.6. The monoisotopic (exact) mass is 305 g/mol. The summed E-state index contributed by atoms with van der Waals surface area (Å²) in [6.07, 6.45) is 3.67. The van der Waals surface area contributed by atoms with Gasteiger partial charge in [-0.25, -0.2) is 4.68 Å². The van der Waals surface area contributed by atoms with E-state index < -0.39 is 0 Å². The van der Waals surface area contributed by atoms with Crippen molar-refractivity contribution in [1.82, 2.24) is 14.8 Å². The molecule has 1 aromatic carbocycles. The molecule has 0 atom stereocenters. The molecule has 4 heteroatoms. The summed E-state index contributed by atoms with van der Waals surface area (Å²) >= 11 is 0. The van der Waals surface area contributed by atoms with Crippen molar-refractivity contribution in [3.63, 3.8) is 0 Å². The topological polar surface area (TPSA) is 47.8 Å². The summed E-state index contributed by atoms with van der Waals surface area (Å²) in [5, 5.41) is 4.47. The molecule has 0 saturated carbocycles. The van der Waals surface area contributed by atoms with Gasteiger partial charge in [0.05, 0.1) is 5.69 Å². The van der Waals surface area contributed by atoms with Gasteiger partial charge in [-0.3, -0.25) is 9.78 Å². The number of aromatic nitrogens is 3. The Labute approximate surface area is 135 Å². The van der Waals surface area contributed by atoms with E-state index in [-0.39, 0.29) is 5.56 Å². The Bertz CT molecular complexity index is 895. The normalized spacial score (nSPS) is 10.7. The first kappa shape index (κ1) is 15.2. The molecule has 0 spiro atoms. The summed E-state index contributed by atoms with van der Waals surface area (Å²) in [7, 11) is 0. The molecule has 0 unspecified atom stereocenters. The highest BCUT2D eigenvalue weighted by atomic mass is 16.1. The minimum Gasteiger partial charge on any atom is -0.268 e. The first-order valence-corrected chi connectivity index (χ1v) is 7.70. The standard InChI is InChI=1S/C19H19N3O/c1-4-22-18(23)11-13(2)19(21-22)16-7-5-15(6-8-16)17-9-10-20-12-14(17)3/h5-12H,4H2,1-3H3. The summed E-state index contributed by atoms with van der Waals surface area (Å²) in [6, 6.07) is 11.9. The fraction of sp³-hybridized carbons (Fsp3) is 0.211. The second-order valence-electron chi connectivity index (χ2n) is 5.60. The molecule has 4 nitrogen and oxygen atoms in total. The lowest BCUT2D eigenvalue weighted by Crippen LogP contribution is -2.22. The van der Waals surface area contributed by atoms with Crippen LogP contribution in [0.5, 0.6) is 0 Å². The Kier molecular flexibility index (Phi) is 4.06. The molecule has 0 radical (unpaired) electrons. The summed E-state index contributed by atoms with van der Waals surface area (Å²) in [4.78, 5) is 16.0. The van der Waals surface area contributed by atoms with Crippen LogP contribution in [0, 0.1) is 13.8 Å². The third-order valence-corrected chi connectivity index (χ3v) is 3.98. The van der Waals surface area contributed by atoms with Gasteiger partial charge < -0.3 is 0 Å². The summed E-state index contributed by atoms with van der Waals surface area (Å²) in [6.45, 7) is 6.47. The average molecular weight is 305 g/mol. The molecule has 0 N–H and O–H groups in total. The SMILES string of the molecule is CCn1nc(-c2ccc(-c3ccncc3C)cc2)c(C)cc1=O. The largest absolute Gasteiger partial charge is 0.268 e. The van der Waals surface area contributed by atoms with Gasteiger partial charge in [0.2, 0.25) is 0 Å². The van der Waals surface area contributed by atoms with Crippen molar-refractivity contribution in [3.8, 4) is 22.4 Å². The van der Waals surface area contributed by atoms with E-state index >= 15 is 0 Å². The zero-order chi connectivity index (χ0) is 16.4. The van der Waals surface area contributed by atoms with Gasteiger partial charge in [-0.2, -0.15) is 5.10 Å². The van der Waals surface area contributed by atoms with Gasteiger partial charge in [0.25, 0.3) is 5.56 Å². The van der Waals surface area contributed by atoms with Crippen LogP contribution in [0.15, 0.2) is 53.6 Å². The van der Waals surface area contributed by atoms with Crippen molar-refractivity contribution in [2.45, 2.75) is 27.3 Å². The second-order valence-corrected chi connectivity index (χ2v) is 5.60. The molecule has 2 heterocycles. The maximum atomic E-state index is 11.8. The van der Waals surface area contributed by atoms with Gasteiger partial charge in [0.15, 0.2) is 0 Å². The highest BCUT2D eigenvalue weighted by Crippen LogP contribution is 2.26. The van der Waals surface area contributed by atoms with E-state index in [9.17, 15) is 4.79 Å². The molecule has 0 saturated heterocycles. The molecule has 3 rings (SSSR count). The highest BCUT2D eigenvalue weighted by molar-refractivity contribution is 5.71. The van der Waals surface area contributed by atoms with Gasteiger partial charge in [-0.05, 0) is 49.1 Å². The molecular weight excluding hydrogens is 286 g/mol. The molecule has 3 aromatic rings. The molecule has 0 aliphatic rings. The number of hydrogen-bond acceptors (Lipinski definition) is 3. The number of nitrogens with zero attached hydrogens (tertiary/aromatic N) is 3. The smallest absolute Gasteiger partial charge is 0.267 e. The van der Waals surface area contributed by atoms with Gasteiger partial charge in [0.1, 0.15) is 0 Å². The second kappa shape index (κ2) is 6.16. The molecule has 116 valence electrons. The lowest BCUT2D eigenvalue weighted by atomic mass is 9.99. The molecule has 0 aliphatic carbocycles. The van der Waals surface area contributed by atoms with E-state index in [1.54, 1.807) is 12.3 Å². The summed E-state index contributed by atoms with van der Waals surface area (Å²) in [5.74, 6) is 0. The third kappa shape index (κ3) is 2.93. The Morgan fingerprint density at radius 2 is 1.70 bits per heavy atom. The van der Waals surface area contributed by atoms with Crippen molar-refractivity contribution < 1.29 is 0 Å². The van der Waals surface area contributed by atoms with Crippen molar-refractivity contribution >= 4 is 0 Å². The molecule has 0 amide bonds. The van der Waals surface area contributed by atoms with Crippen LogP contribution in [-0.2, 0) is 6.54 Å². The predicted molar refractivity (Wildman–Crippen MR) is 92.3 cm³/mol. The van der Waals surface area contributed by atoms with E-state index in [0.29, 0.717) is 6.54 Å². The highest BCUT2D eigenvalue weighted by Gasteiger charge is 2.08. The van der Waals surface area contributed by atoms with Crippen LogP contribution in [0.2, 0.25) is 0 Å². The van der Waals surface area contributed by atoms with Crippen LogP contribution in [-0.4, -0.2) is 14.8 Å². The number of rotatable bonds is 3. The molecule has 0 aliphatic heterocycles. The first-order valence-electron chi connectivity index (χ1n) is 7.70. The van der Waals surface area contributed by atoms with Crippen molar-refractivity contribution in [3.05, 3.63) is 70.3 Å². The van der Waals surface area contributed by atoms with E-state index in [2.05, 4.69) is 41.3 Å². The fourth-order valence-corrected chi connectivity index (χ4v) is 2.69. The van der Waals surface area contributed by atoms with Gasteiger partial charge in [-0.1, -0.05) is 24.3 Å². The number of benzene rings is 1. The minimum absolute atomic E-state index is 0.0576. The van der Waals surface area contributed by atoms with E-state index in [1.807, 2.05) is 26.1 Å². The van der Waals surface area contributed by atoms with E-state index in [4.69, 9.17) is 0 Å². The lowest BCUT2D eigenvalue weighted by Gasteiger charge is -2.10. The quantitative estimate of drug-likeness (QED) is 0.742. The summed E-state index contributed by atoms with van der Waals surface area (Å²) < 4.78 is 1.49.